The fourth-order valence-electron chi connectivity index (χ4n) is 1.61. The Morgan fingerprint density at radius 2 is 2.10 bits per heavy atom. The second-order valence-corrected chi connectivity index (χ2v) is 5.81. The maximum Gasteiger partial charge on any atom is 0.315 e. The predicted octanol–water partition coefficient (Wildman–Crippen LogP) is 1.65. The summed E-state index contributed by atoms with van der Waals surface area (Å²) in [5.74, 6) is -0.955. The van der Waals surface area contributed by atoms with Crippen molar-refractivity contribution in [2.24, 2.45) is 0 Å². The molecule has 0 saturated heterocycles. The normalized spacial score (nSPS) is 11.9. The molecule has 3 N–H and O–H groups in total. The van der Waals surface area contributed by atoms with Gasteiger partial charge in [0, 0.05) is 23.4 Å². The minimum Gasteiger partial charge on any atom is -0.481 e. The van der Waals surface area contributed by atoms with E-state index >= 15 is 0 Å². The lowest BCUT2D eigenvalue weighted by Crippen LogP contribution is -2.40. The molecule has 0 aliphatic heterocycles. The maximum absolute atomic E-state index is 11.6. The van der Waals surface area contributed by atoms with E-state index in [1.54, 1.807) is 11.3 Å². The number of aliphatic carboxylic acids is 1. The summed E-state index contributed by atoms with van der Waals surface area (Å²) >= 11 is 1.65. The lowest BCUT2D eigenvalue weighted by atomic mass is 10.2. The topological polar surface area (TPSA) is 87.7 Å². The van der Waals surface area contributed by atoms with Gasteiger partial charge in [-0.05, 0) is 25.5 Å². The lowest BCUT2D eigenvalue weighted by molar-refractivity contribution is -0.139. The van der Waals surface area contributed by atoms with Crippen LogP contribution in [0.2, 0.25) is 0 Å². The van der Waals surface area contributed by atoms with Crippen LogP contribution in [0.3, 0.4) is 0 Å². The molecule has 0 saturated carbocycles. The molecule has 1 unspecified atom stereocenters. The number of ether oxygens (including phenoxy) is 1. The molecule has 0 aliphatic rings. The summed E-state index contributed by atoms with van der Waals surface area (Å²) in [7, 11) is 1.42. The summed E-state index contributed by atoms with van der Waals surface area (Å²) in [5.41, 5.74) is 1.22. The third kappa shape index (κ3) is 5.58. The molecule has 1 heterocycles. The van der Waals surface area contributed by atoms with Gasteiger partial charge in [-0.2, -0.15) is 0 Å². The van der Waals surface area contributed by atoms with E-state index in [1.807, 2.05) is 19.9 Å². The van der Waals surface area contributed by atoms with E-state index in [0.29, 0.717) is 6.54 Å². The van der Waals surface area contributed by atoms with E-state index in [9.17, 15) is 9.59 Å². The van der Waals surface area contributed by atoms with Gasteiger partial charge in [0.1, 0.15) is 0 Å². The van der Waals surface area contributed by atoms with Gasteiger partial charge in [-0.3, -0.25) is 4.79 Å². The Labute approximate surface area is 122 Å². The van der Waals surface area contributed by atoms with Gasteiger partial charge in [-0.1, -0.05) is 0 Å². The summed E-state index contributed by atoms with van der Waals surface area (Å²) in [6.45, 7) is 4.70. The van der Waals surface area contributed by atoms with Gasteiger partial charge in [0.05, 0.1) is 19.1 Å². The van der Waals surface area contributed by atoms with Crippen molar-refractivity contribution in [1.82, 2.24) is 10.6 Å². The first-order valence-corrected chi connectivity index (χ1v) is 7.06. The Hall–Kier alpha value is -1.60. The number of carbonyl (C=O) groups is 2. The van der Waals surface area contributed by atoms with E-state index in [4.69, 9.17) is 9.84 Å². The lowest BCUT2D eigenvalue weighted by Gasteiger charge is -2.14. The van der Waals surface area contributed by atoms with Gasteiger partial charge in [0.25, 0.3) is 0 Å². The number of hydrogen-bond acceptors (Lipinski definition) is 4. The second kappa shape index (κ2) is 7.86. The third-order valence-electron chi connectivity index (χ3n) is 2.87. The number of amides is 2. The molecule has 1 aromatic rings. The van der Waals surface area contributed by atoms with Crippen LogP contribution in [0.4, 0.5) is 4.79 Å². The first kappa shape index (κ1) is 16.5. The van der Waals surface area contributed by atoms with Crippen LogP contribution in [0.15, 0.2) is 6.07 Å². The fourth-order valence-corrected chi connectivity index (χ4v) is 2.60. The molecule has 2 amide bonds. The predicted molar refractivity (Wildman–Crippen MR) is 77.1 cm³/mol. The highest BCUT2D eigenvalue weighted by atomic mass is 32.1. The Morgan fingerprint density at radius 3 is 2.60 bits per heavy atom. The Bertz CT molecular complexity index is 453. The van der Waals surface area contributed by atoms with Crippen LogP contribution in [-0.2, 0) is 16.1 Å². The number of carboxylic acids is 1. The minimum absolute atomic E-state index is 0.139. The van der Waals surface area contributed by atoms with Gasteiger partial charge in [0.15, 0.2) is 0 Å². The van der Waals surface area contributed by atoms with Gasteiger partial charge in [-0.15, -0.1) is 11.3 Å². The first-order valence-electron chi connectivity index (χ1n) is 6.24. The molecule has 0 bridgehead atoms. The molecule has 112 valence electrons. The molecule has 0 aliphatic carbocycles. The number of methoxy groups -OCH3 is 1. The second-order valence-electron chi connectivity index (χ2n) is 4.47. The van der Waals surface area contributed by atoms with Crippen LogP contribution < -0.4 is 10.6 Å². The smallest absolute Gasteiger partial charge is 0.315 e. The van der Waals surface area contributed by atoms with E-state index in [2.05, 4.69) is 10.6 Å². The molecule has 1 aromatic heterocycles. The molecule has 0 fully saturated rings. The number of aryl methyl sites for hydroxylation is 2. The van der Waals surface area contributed by atoms with Crippen LogP contribution in [0.25, 0.3) is 0 Å². The molecule has 1 rings (SSSR count). The van der Waals surface area contributed by atoms with Crippen LogP contribution in [0.1, 0.15) is 21.7 Å². The standard InChI is InChI=1S/C13H20N2O4S/c1-8-4-11(20-9(8)2)7-15-13(18)14-6-10(19-3)5-12(16)17/h4,10H,5-7H2,1-3H3,(H,16,17)(H2,14,15,18). The van der Waals surface area contributed by atoms with Crippen molar-refractivity contribution in [1.29, 1.82) is 0 Å². The van der Waals surface area contributed by atoms with Crippen molar-refractivity contribution in [3.05, 3.63) is 21.4 Å². The molecule has 0 spiro atoms. The molecule has 0 aromatic carbocycles. The van der Waals surface area contributed by atoms with Crippen LogP contribution in [0, 0.1) is 13.8 Å². The summed E-state index contributed by atoms with van der Waals surface area (Å²) in [6, 6.07) is 1.71. The van der Waals surface area contributed by atoms with Crippen molar-refractivity contribution < 1.29 is 19.4 Å². The number of nitrogens with one attached hydrogen (secondary N) is 2. The fraction of sp³-hybridized carbons (Fsp3) is 0.538. The van der Waals surface area contributed by atoms with Crippen molar-refractivity contribution in [3.63, 3.8) is 0 Å². The molecular formula is C13H20N2O4S. The minimum atomic E-state index is -0.955. The summed E-state index contributed by atoms with van der Waals surface area (Å²) < 4.78 is 4.97. The zero-order valence-electron chi connectivity index (χ0n) is 11.9. The zero-order valence-corrected chi connectivity index (χ0v) is 12.7. The SMILES string of the molecule is COC(CNC(=O)NCc1cc(C)c(C)s1)CC(=O)O. The van der Waals surface area contributed by atoms with Crippen molar-refractivity contribution in [2.45, 2.75) is 32.9 Å². The number of rotatable bonds is 7. The number of hydrogen-bond donors (Lipinski definition) is 3. The van der Waals surface area contributed by atoms with Crippen molar-refractivity contribution >= 4 is 23.3 Å². The van der Waals surface area contributed by atoms with Gasteiger partial charge in [-0.25, -0.2) is 4.79 Å². The van der Waals surface area contributed by atoms with Crippen LogP contribution in [0.5, 0.6) is 0 Å². The summed E-state index contributed by atoms with van der Waals surface area (Å²) in [5, 5.41) is 14.0. The highest BCUT2D eigenvalue weighted by molar-refractivity contribution is 7.12. The van der Waals surface area contributed by atoms with Crippen LogP contribution in [-0.4, -0.2) is 36.9 Å². The molecule has 7 heteroatoms. The average molecular weight is 300 g/mol. The average Bonchev–Trinajstić information content (AvgIpc) is 2.71. The van der Waals surface area contributed by atoms with Crippen molar-refractivity contribution in [2.75, 3.05) is 13.7 Å². The van der Waals surface area contributed by atoms with Gasteiger partial charge in [0.2, 0.25) is 0 Å². The van der Waals surface area contributed by atoms with E-state index in [-0.39, 0.29) is 19.0 Å². The van der Waals surface area contributed by atoms with Crippen LogP contribution >= 0.6 is 11.3 Å². The molecule has 0 radical (unpaired) electrons. The summed E-state index contributed by atoms with van der Waals surface area (Å²) in [6.07, 6.45) is -0.662. The highest BCUT2D eigenvalue weighted by Crippen LogP contribution is 2.20. The molecule has 6 nitrogen and oxygen atoms in total. The number of urea groups is 1. The number of thiophene rings is 1. The molecular weight excluding hydrogens is 280 g/mol. The van der Waals surface area contributed by atoms with Gasteiger partial charge < -0.3 is 20.5 Å². The largest absolute Gasteiger partial charge is 0.481 e. The number of carbonyl (C=O) groups excluding carboxylic acids is 1. The van der Waals surface area contributed by atoms with E-state index < -0.39 is 12.1 Å². The Morgan fingerprint density at radius 1 is 1.40 bits per heavy atom. The number of carboxylic acid groups (broad SMARTS) is 1. The highest BCUT2D eigenvalue weighted by Gasteiger charge is 2.13. The molecule has 1 atom stereocenters. The van der Waals surface area contributed by atoms with E-state index in [0.717, 1.165) is 4.88 Å². The zero-order chi connectivity index (χ0) is 15.1. The third-order valence-corrected chi connectivity index (χ3v) is 4.02. The Kier molecular flexibility index (Phi) is 6.47. The summed E-state index contributed by atoms with van der Waals surface area (Å²) in [4.78, 5) is 24.5. The Balaban J connectivity index is 2.31. The molecule has 20 heavy (non-hydrogen) atoms. The van der Waals surface area contributed by atoms with Gasteiger partial charge >= 0.3 is 12.0 Å². The maximum atomic E-state index is 11.6. The monoisotopic (exact) mass is 300 g/mol. The van der Waals surface area contributed by atoms with Crippen molar-refractivity contribution in [3.8, 4) is 0 Å². The first-order chi connectivity index (χ1) is 9.42. The quantitative estimate of drug-likeness (QED) is 0.714. The van der Waals surface area contributed by atoms with E-state index in [1.165, 1.54) is 17.6 Å².